The summed E-state index contributed by atoms with van der Waals surface area (Å²) in [7, 11) is 1.34. The second kappa shape index (κ2) is 8.71. The van der Waals surface area contributed by atoms with Gasteiger partial charge >= 0.3 is 11.9 Å². The molecule has 2 aromatic rings. The Morgan fingerprint density at radius 1 is 0.870 bits per heavy atom. The second-order valence-corrected chi connectivity index (χ2v) is 4.24. The van der Waals surface area contributed by atoms with Gasteiger partial charge in [0.25, 0.3) is 0 Å². The Labute approximate surface area is 134 Å². The van der Waals surface area contributed by atoms with Crippen LogP contribution in [0.2, 0.25) is 0 Å². The molecule has 0 unspecified atom stereocenters. The van der Waals surface area contributed by atoms with E-state index in [1.807, 2.05) is 0 Å². The van der Waals surface area contributed by atoms with E-state index in [9.17, 15) is 9.59 Å². The zero-order valence-corrected chi connectivity index (χ0v) is 12.4. The lowest BCUT2D eigenvalue weighted by Gasteiger charge is -1.97. The summed E-state index contributed by atoms with van der Waals surface area (Å²) in [4.78, 5) is 21.3. The highest BCUT2D eigenvalue weighted by atomic mass is 16.5. The summed E-state index contributed by atoms with van der Waals surface area (Å²) in [6, 6.07) is 12.8. The molecule has 0 radical (unpaired) electrons. The van der Waals surface area contributed by atoms with Crippen LogP contribution in [0.3, 0.4) is 0 Å². The number of benzene rings is 2. The molecule has 114 valence electrons. The summed E-state index contributed by atoms with van der Waals surface area (Å²) in [5.41, 5.74) is 2.21. The number of carboxylic acids is 1. The number of terminal acetylenes is 2. The molecule has 0 aliphatic heterocycles. The first-order valence-corrected chi connectivity index (χ1v) is 6.46. The molecule has 2 rings (SSSR count). The van der Waals surface area contributed by atoms with Crippen LogP contribution < -0.4 is 0 Å². The lowest BCUT2D eigenvalue weighted by Crippen LogP contribution is -2.00. The Kier molecular flexibility index (Phi) is 6.65. The number of hydrogen-bond acceptors (Lipinski definition) is 3. The van der Waals surface area contributed by atoms with Crippen LogP contribution in [-0.4, -0.2) is 24.2 Å². The fourth-order valence-electron chi connectivity index (χ4n) is 1.53. The minimum Gasteiger partial charge on any atom is -0.478 e. The minimum atomic E-state index is -0.937. The Hall–Kier alpha value is -3.50. The molecule has 4 heteroatoms. The maximum Gasteiger partial charge on any atom is 0.337 e. The Morgan fingerprint density at radius 3 is 1.57 bits per heavy atom. The molecule has 0 atom stereocenters. The largest absolute Gasteiger partial charge is 0.478 e. The van der Waals surface area contributed by atoms with E-state index in [1.165, 1.54) is 19.2 Å². The molecule has 0 fully saturated rings. The molecule has 0 heterocycles. The average molecular weight is 306 g/mol. The molecule has 0 bridgehead atoms. The van der Waals surface area contributed by atoms with Crippen molar-refractivity contribution in [3.05, 3.63) is 70.8 Å². The summed E-state index contributed by atoms with van der Waals surface area (Å²) in [5.74, 6) is 3.57. The van der Waals surface area contributed by atoms with E-state index in [4.69, 9.17) is 18.0 Å². The van der Waals surface area contributed by atoms with E-state index < -0.39 is 5.97 Å². The number of carbonyl (C=O) groups excluding carboxylic acids is 1. The standard InChI is InChI=1S/C10H8O2.C9H6O2/c1-3-8-4-6-9(7-5-8)10(11)12-2;1-2-7-3-5-8(6-4-7)9(10)11/h1,4-7H,2H3;1,3-6H,(H,10,11). The highest BCUT2D eigenvalue weighted by Crippen LogP contribution is 2.04. The monoisotopic (exact) mass is 306 g/mol. The number of hydrogen-bond donors (Lipinski definition) is 1. The number of carbonyl (C=O) groups is 2. The summed E-state index contributed by atoms with van der Waals surface area (Å²) >= 11 is 0. The molecule has 0 aliphatic rings. The summed E-state index contributed by atoms with van der Waals surface area (Å²) in [5, 5.41) is 8.50. The summed E-state index contributed by atoms with van der Waals surface area (Å²) in [6.45, 7) is 0. The van der Waals surface area contributed by atoms with Crippen molar-refractivity contribution in [2.45, 2.75) is 0 Å². The van der Waals surface area contributed by atoms with Crippen LogP contribution in [0.5, 0.6) is 0 Å². The van der Waals surface area contributed by atoms with Gasteiger partial charge in [0.2, 0.25) is 0 Å². The second-order valence-electron chi connectivity index (χ2n) is 4.24. The molecule has 0 amide bonds. The van der Waals surface area contributed by atoms with Crippen LogP contribution >= 0.6 is 0 Å². The van der Waals surface area contributed by atoms with Crippen molar-refractivity contribution < 1.29 is 19.4 Å². The fraction of sp³-hybridized carbons (Fsp3) is 0.0526. The molecular formula is C19H14O4. The van der Waals surface area contributed by atoms with Crippen LogP contribution in [0.4, 0.5) is 0 Å². The Balaban J connectivity index is 0.000000231. The van der Waals surface area contributed by atoms with Gasteiger partial charge in [0.1, 0.15) is 0 Å². The molecule has 1 N–H and O–H groups in total. The van der Waals surface area contributed by atoms with E-state index in [0.29, 0.717) is 11.1 Å². The van der Waals surface area contributed by atoms with Crippen molar-refractivity contribution in [2.75, 3.05) is 7.11 Å². The van der Waals surface area contributed by atoms with Crippen LogP contribution in [0.25, 0.3) is 0 Å². The van der Waals surface area contributed by atoms with E-state index >= 15 is 0 Å². The molecule has 0 aliphatic carbocycles. The maximum absolute atomic E-state index is 10.9. The first-order valence-electron chi connectivity index (χ1n) is 6.46. The Morgan fingerprint density at radius 2 is 1.26 bits per heavy atom. The van der Waals surface area contributed by atoms with Gasteiger partial charge in [-0.1, -0.05) is 11.8 Å². The van der Waals surface area contributed by atoms with Gasteiger partial charge in [-0.3, -0.25) is 0 Å². The van der Waals surface area contributed by atoms with Crippen LogP contribution in [0.1, 0.15) is 31.8 Å². The van der Waals surface area contributed by atoms with Crippen molar-refractivity contribution in [3.8, 4) is 24.7 Å². The number of ether oxygens (including phenoxy) is 1. The number of esters is 1. The minimum absolute atomic E-state index is 0.254. The third-order valence-electron chi connectivity index (χ3n) is 2.77. The predicted molar refractivity (Wildman–Crippen MR) is 87.1 cm³/mol. The van der Waals surface area contributed by atoms with E-state index in [-0.39, 0.29) is 11.5 Å². The smallest absolute Gasteiger partial charge is 0.337 e. The third-order valence-corrected chi connectivity index (χ3v) is 2.77. The van der Waals surface area contributed by atoms with Crippen LogP contribution in [-0.2, 0) is 4.74 Å². The van der Waals surface area contributed by atoms with E-state index in [1.54, 1.807) is 36.4 Å². The Bertz CT molecular complexity index is 757. The first kappa shape index (κ1) is 17.6. The zero-order valence-electron chi connectivity index (χ0n) is 12.4. The van der Waals surface area contributed by atoms with Gasteiger partial charge in [0.05, 0.1) is 18.2 Å². The van der Waals surface area contributed by atoms with Gasteiger partial charge in [-0.25, -0.2) is 9.59 Å². The first-order chi connectivity index (χ1) is 11.0. The topological polar surface area (TPSA) is 63.6 Å². The number of carboxylic acid groups (broad SMARTS) is 1. The van der Waals surface area contributed by atoms with Crippen molar-refractivity contribution in [1.29, 1.82) is 0 Å². The SMILES string of the molecule is C#Cc1ccc(C(=O)O)cc1.C#Cc1ccc(C(=O)OC)cc1. The van der Waals surface area contributed by atoms with Crippen molar-refractivity contribution in [1.82, 2.24) is 0 Å². The quantitative estimate of drug-likeness (QED) is 0.684. The van der Waals surface area contributed by atoms with Crippen molar-refractivity contribution in [2.24, 2.45) is 0 Å². The van der Waals surface area contributed by atoms with Gasteiger partial charge in [-0.15, -0.1) is 12.8 Å². The summed E-state index contributed by atoms with van der Waals surface area (Å²) in [6.07, 6.45) is 10.2. The lowest BCUT2D eigenvalue weighted by atomic mass is 10.1. The fourth-order valence-corrected chi connectivity index (χ4v) is 1.53. The van der Waals surface area contributed by atoms with Crippen LogP contribution in [0, 0.1) is 24.7 Å². The van der Waals surface area contributed by atoms with Crippen molar-refractivity contribution in [3.63, 3.8) is 0 Å². The third kappa shape index (κ3) is 5.41. The molecule has 0 saturated carbocycles. The number of methoxy groups -OCH3 is 1. The zero-order chi connectivity index (χ0) is 17.2. The molecular weight excluding hydrogens is 292 g/mol. The maximum atomic E-state index is 10.9. The molecule has 0 spiro atoms. The average Bonchev–Trinajstić information content (AvgIpc) is 2.61. The van der Waals surface area contributed by atoms with Crippen molar-refractivity contribution >= 4 is 11.9 Å². The van der Waals surface area contributed by atoms with Gasteiger partial charge in [-0.2, -0.15) is 0 Å². The highest BCUT2D eigenvalue weighted by Gasteiger charge is 2.02. The molecule has 0 aromatic heterocycles. The molecule has 4 nitrogen and oxygen atoms in total. The number of aromatic carboxylic acids is 1. The summed E-state index contributed by atoms with van der Waals surface area (Å²) < 4.78 is 4.52. The predicted octanol–water partition coefficient (Wildman–Crippen LogP) is 2.82. The highest BCUT2D eigenvalue weighted by molar-refractivity contribution is 5.89. The van der Waals surface area contributed by atoms with Gasteiger partial charge in [0.15, 0.2) is 0 Å². The van der Waals surface area contributed by atoms with E-state index in [0.717, 1.165) is 5.56 Å². The molecule has 23 heavy (non-hydrogen) atoms. The molecule has 0 saturated heterocycles. The lowest BCUT2D eigenvalue weighted by molar-refractivity contribution is 0.0600. The van der Waals surface area contributed by atoms with Gasteiger partial charge in [0, 0.05) is 11.1 Å². The molecule has 2 aromatic carbocycles. The number of rotatable bonds is 2. The van der Waals surface area contributed by atoms with Gasteiger partial charge < -0.3 is 9.84 Å². The van der Waals surface area contributed by atoms with Gasteiger partial charge in [-0.05, 0) is 48.5 Å². The van der Waals surface area contributed by atoms with Crippen LogP contribution in [0.15, 0.2) is 48.5 Å². The van der Waals surface area contributed by atoms with E-state index in [2.05, 4.69) is 16.6 Å². The normalized spacial score (nSPS) is 8.65.